The first-order valence-corrected chi connectivity index (χ1v) is 11.1. The summed E-state index contributed by atoms with van der Waals surface area (Å²) in [4.78, 5) is 5.28. The highest BCUT2D eigenvalue weighted by molar-refractivity contribution is 5.78. The Hall–Kier alpha value is -3.11. The molecule has 0 fully saturated rings. The summed E-state index contributed by atoms with van der Waals surface area (Å²) < 4.78 is 7.77. The average Bonchev–Trinajstić information content (AvgIpc) is 3.42. The minimum absolute atomic E-state index is 0.383. The molecule has 4 heteroatoms. The van der Waals surface area contributed by atoms with E-state index < -0.39 is 0 Å². The fourth-order valence-corrected chi connectivity index (χ4v) is 5.06. The largest absolute Gasteiger partial charge is 0.497 e. The summed E-state index contributed by atoms with van der Waals surface area (Å²) in [6.07, 6.45) is 5.48. The van der Waals surface area contributed by atoms with Crippen LogP contribution in [0.3, 0.4) is 0 Å². The molecule has 0 spiro atoms. The summed E-state index contributed by atoms with van der Waals surface area (Å²) in [7, 11) is 3.74. The second-order valence-electron chi connectivity index (χ2n) is 8.44. The van der Waals surface area contributed by atoms with Gasteiger partial charge in [0.2, 0.25) is 0 Å². The van der Waals surface area contributed by atoms with E-state index in [-0.39, 0.29) is 0 Å². The Labute approximate surface area is 183 Å². The summed E-state index contributed by atoms with van der Waals surface area (Å²) in [6.45, 7) is 0.980. The predicted molar refractivity (Wildman–Crippen MR) is 126 cm³/mol. The van der Waals surface area contributed by atoms with Crippen molar-refractivity contribution < 1.29 is 4.74 Å². The van der Waals surface area contributed by atoms with Crippen molar-refractivity contribution in [2.45, 2.75) is 25.2 Å². The molecule has 0 saturated carbocycles. The van der Waals surface area contributed by atoms with E-state index in [0.29, 0.717) is 11.8 Å². The van der Waals surface area contributed by atoms with Gasteiger partial charge in [0.05, 0.1) is 18.3 Å². The van der Waals surface area contributed by atoms with Gasteiger partial charge in [-0.25, -0.2) is 4.98 Å². The number of benzene rings is 2. The molecule has 0 radical (unpaired) electrons. The van der Waals surface area contributed by atoms with Gasteiger partial charge in [0.1, 0.15) is 11.6 Å². The molecule has 0 bridgehead atoms. The van der Waals surface area contributed by atoms with Crippen LogP contribution in [-0.2, 0) is 12.8 Å². The van der Waals surface area contributed by atoms with Crippen LogP contribution in [0.2, 0.25) is 0 Å². The normalized spacial score (nSPS) is 14.6. The first-order valence-electron chi connectivity index (χ1n) is 11.1. The number of imidazole rings is 1. The van der Waals surface area contributed by atoms with Crippen molar-refractivity contribution in [2.75, 3.05) is 20.7 Å². The fourth-order valence-electron chi connectivity index (χ4n) is 5.06. The molecule has 0 saturated heterocycles. The van der Waals surface area contributed by atoms with Crippen LogP contribution in [0, 0.1) is 5.92 Å². The van der Waals surface area contributed by atoms with Crippen LogP contribution in [0.5, 0.6) is 5.75 Å². The summed E-state index contributed by atoms with van der Waals surface area (Å²) >= 11 is 0. The smallest absolute Gasteiger partial charge is 0.119 e. The van der Waals surface area contributed by atoms with E-state index in [1.54, 1.807) is 7.11 Å². The number of rotatable bonds is 7. The minimum Gasteiger partial charge on any atom is -0.497 e. The van der Waals surface area contributed by atoms with Crippen LogP contribution < -0.4 is 10.1 Å². The third-order valence-electron chi connectivity index (χ3n) is 6.61. The van der Waals surface area contributed by atoms with E-state index >= 15 is 0 Å². The third-order valence-corrected chi connectivity index (χ3v) is 6.61. The molecule has 158 valence electrons. The number of hydrogen-bond donors (Lipinski definition) is 1. The van der Waals surface area contributed by atoms with Crippen LogP contribution in [0.1, 0.15) is 29.3 Å². The lowest BCUT2D eigenvalue weighted by atomic mass is 9.86. The second kappa shape index (κ2) is 8.56. The zero-order valence-electron chi connectivity index (χ0n) is 18.2. The Bertz CT molecular complexity index is 1170. The van der Waals surface area contributed by atoms with E-state index in [4.69, 9.17) is 9.72 Å². The second-order valence-corrected chi connectivity index (χ2v) is 8.44. The van der Waals surface area contributed by atoms with Crippen molar-refractivity contribution in [1.82, 2.24) is 14.7 Å². The number of nitrogens with zero attached hydrogens (tertiary/aromatic N) is 2. The van der Waals surface area contributed by atoms with Crippen LogP contribution in [0.4, 0.5) is 0 Å². The molecule has 1 aliphatic rings. The van der Waals surface area contributed by atoms with Gasteiger partial charge in [-0.2, -0.15) is 0 Å². The standard InChI is InChI=1S/C27H29N3O/c1-28-14-13-24(22-16-19-8-3-4-9-20(19)17-22)27-29-26(25-12-5-6-15-30(25)27)21-10-7-11-23(18-21)31-2/h3-12,15,18,22,24,28H,13-14,16-17H2,1-2H3. The molecule has 4 aromatic rings. The summed E-state index contributed by atoms with van der Waals surface area (Å²) in [5.74, 6) is 2.97. The number of ether oxygens (including phenoxy) is 1. The maximum Gasteiger partial charge on any atom is 0.119 e. The monoisotopic (exact) mass is 411 g/mol. The molecule has 1 aliphatic carbocycles. The maximum atomic E-state index is 5.47. The molecule has 0 aliphatic heterocycles. The van der Waals surface area contributed by atoms with Crippen molar-refractivity contribution in [2.24, 2.45) is 5.92 Å². The molecule has 5 rings (SSSR count). The summed E-state index contributed by atoms with van der Waals surface area (Å²) in [5.41, 5.74) is 6.26. The first kappa shape index (κ1) is 19.8. The van der Waals surface area contributed by atoms with Crippen LogP contribution in [0.15, 0.2) is 72.9 Å². The van der Waals surface area contributed by atoms with Crippen molar-refractivity contribution >= 4 is 5.52 Å². The van der Waals surface area contributed by atoms with Gasteiger partial charge < -0.3 is 14.5 Å². The van der Waals surface area contributed by atoms with Gasteiger partial charge in [0.15, 0.2) is 0 Å². The highest BCUT2D eigenvalue weighted by Crippen LogP contribution is 2.40. The Morgan fingerprint density at radius 1 is 1.03 bits per heavy atom. The van der Waals surface area contributed by atoms with E-state index in [1.165, 1.54) is 17.0 Å². The zero-order chi connectivity index (χ0) is 21.2. The van der Waals surface area contributed by atoms with Gasteiger partial charge in [0, 0.05) is 17.7 Å². The van der Waals surface area contributed by atoms with Crippen LogP contribution in [-0.4, -0.2) is 30.1 Å². The number of methoxy groups -OCH3 is 1. The van der Waals surface area contributed by atoms with E-state index in [9.17, 15) is 0 Å². The molecule has 0 amide bonds. The topological polar surface area (TPSA) is 38.6 Å². The van der Waals surface area contributed by atoms with E-state index in [2.05, 4.69) is 70.5 Å². The molecule has 1 N–H and O–H groups in total. The highest BCUT2D eigenvalue weighted by Gasteiger charge is 2.32. The van der Waals surface area contributed by atoms with Crippen molar-refractivity contribution in [3.63, 3.8) is 0 Å². The highest BCUT2D eigenvalue weighted by atomic mass is 16.5. The van der Waals surface area contributed by atoms with Gasteiger partial charge in [0.25, 0.3) is 0 Å². The Morgan fingerprint density at radius 3 is 2.55 bits per heavy atom. The van der Waals surface area contributed by atoms with Crippen molar-refractivity contribution in [3.8, 4) is 17.0 Å². The first-order chi connectivity index (χ1) is 15.3. The molecule has 1 atom stereocenters. The molecule has 2 heterocycles. The quantitative estimate of drug-likeness (QED) is 0.459. The lowest BCUT2D eigenvalue weighted by Gasteiger charge is -2.22. The molecule has 2 aromatic heterocycles. The summed E-state index contributed by atoms with van der Waals surface area (Å²) in [6, 6.07) is 23.5. The molecule has 31 heavy (non-hydrogen) atoms. The summed E-state index contributed by atoms with van der Waals surface area (Å²) in [5, 5.41) is 3.36. The van der Waals surface area contributed by atoms with E-state index in [0.717, 1.165) is 48.3 Å². The Balaban J connectivity index is 1.60. The predicted octanol–water partition coefficient (Wildman–Crippen LogP) is 5.12. The average molecular weight is 412 g/mol. The third kappa shape index (κ3) is 3.72. The Morgan fingerprint density at radius 2 is 1.81 bits per heavy atom. The number of aromatic nitrogens is 2. The SMILES string of the molecule is CNCCC(c1nc(-c2cccc(OC)c2)c2ccccn12)C1Cc2ccccc2C1. The van der Waals surface area contributed by atoms with E-state index in [1.807, 2.05) is 19.2 Å². The number of nitrogens with one attached hydrogen (secondary N) is 1. The molecule has 4 nitrogen and oxygen atoms in total. The lowest BCUT2D eigenvalue weighted by molar-refractivity contribution is 0.398. The van der Waals surface area contributed by atoms with Gasteiger partial charge in [-0.3, -0.25) is 0 Å². The zero-order valence-corrected chi connectivity index (χ0v) is 18.2. The molecule has 2 aromatic carbocycles. The number of hydrogen-bond acceptors (Lipinski definition) is 3. The van der Waals surface area contributed by atoms with Crippen LogP contribution >= 0.6 is 0 Å². The van der Waals surface area contributed by atoms with Gasteiger partial charge in [-0.1, -0.05) is 42.5 Å². The van der Waals surface area contributed by atoms with Gasteiger partial charge >= 0.3 is 0 Å². The molecular weight excluding hydrogens is 382 g/mol. The van der Waals surface area contributed by atoms with Crippen LogP contribution in [0.25, 0.3) is 16.8 Å². The number of fused-ring (bicyclic) bond motifs is 2. The van der Waals surface area contributed by atoms with Gasteiger partial charge in [-0.05, 0) is 74.2 Å². The molecular formula is C27H29N3O. The maximum absolute atomic E-state index is 5.47. The van der Waals surface area contributed by atoms with Crippen molar-refractivity contribution in [3.05, 3.63) is 89.9 Å². The minimum atomic E-state index is 0.383. The number of pyridine rings is 1. The van der Waals surface area contributed by atoms with Gasteiger partial charge in [-0.15, -0.1) is 0 Å². The van der Waals surface area contributed by atoms with Crippen molar-refractivity contribution in [1.29, 1.82) is 0 Å². The fraction of sp³-hybridized carbons (Fsp3) is 0.296. The Kier molecular flexibility index (Phi) is 5.47. The molecule has 1 unspecified atom stereocenters. The lowest BCUT2D eigenvalue weighted by Crippen LogP contribution is -2.21.